The summed E-state index contributed by atoms with van der Waals surface area (Å²) in [5.74, 6) is 0.761. The number of thioether (sulfide) groups is 1. The average molecular weight is 339 g/mol. The first-order chi connectivity index (χ1) is 8.70. The molecule has 104 valence electrons. The topological polar surface area (TPSA) is 36.8 Å². The average Bonchev–Trinajstić information content (AvgIpc) is 2.37. The van der Waals surface area contributed by atoms with E-state index in [1.807, 2.05) is 12.1 Å². The zero-order chi connectivity index (χ0) is 13.0. The third-order valence-electron chi connectivity index (χ3n) is 2.38. The van der Waals surface area contributed by atoms with Crippen LogP contribution < -0.4 is 5.32 Å². The molecule has 0 aromatic heterocycles. The highest BCUT2D eigenvalue weighted by Crippen LogP contribution is 2.24. The van der Waals surface area contributed by atoms with Gasteiger partial charge in [0, 0.05) is 22.9 Å². The fourth-order valence-electron chi connectivity index (χ4n) is 1.47. The van der Waals surface area contributed by atoms with Gasteiger partial charge in [0.25, 0.3) is 0 Å². The van der Waals surface area contributed by atoms with Crippen LogP contribution in [-0.2, 0) is 0 Å². The van der Waals surface area contributed by atoms with E-state index in [4.69, 9.17) is 23.2 Å². The summed E-state index contributed by atoms with van der Waals surface area (Å²) in [5.41, 5.74) is 1.77. The summed E-state index contributed by atoms with van der Waals surface area (Å²) in [6.07, 6.45) is 1.07. The Hall–Kier alpha value is -0.420. The number of hydrogen-bond donors (Lipinski definition) is 1. The molecule has 3 nitrogen and oxygen atoms in total. The van der Waals surface area contributed by atoms with Crippen molar-refractivity contribution in [1.29, 1.82) is 0 Å². The Labute approximate surface area is 133 Å². The van der Waals surface area contributed by atoms with Crippen molar-refractivity contribution in [2.75, 3.05) is 12.3 Å². The lowest BCUT2D eigenvalue weighted by Gasteiger charge is -2.13. The van der Waals surface area contributed by atoms with Gasteiger partial charge in [0.15, 0.2) is 5.17 Å². The molecule has 19 heavy (non-hydrogen) atoms. The maximum absolute atomic E-state index is 6.14. The second-order valence-corrected chi connectivity index (χ2v) is 5.60. The normalized spacial score (nSPS) is 14.3. The number of amidine groups is 1. The quantitative estimate of drug-likeness (QED) is 0.895. The minimum Gasteiger partial charge on any atom is -0.363 e. The molecule has 0 saturated heterocycles. The predicted molar refractivity (Wildman–Crippen MR) is 88.4 cm³/mol. The number of halogens is 3. The third kappa shape index (κ3) is 4.56. The van der Waals surface area contributed by atoms with E-state index in [0.717, 1.165) is 35.2 Å². The van der Waals surface area contributed by atoms with Gasteiger partial charge in [-0.3, -0.25) is 0 Å². The van der Waals surface area contributed by atoms with Crippen molar-refractivity contribution in [3.63, 3.8) is 0 Å². The molecule has 0 aliphatic carbocycles. The first-order valence-corrected chi connectivity index (χ1v) is 7.41. The zero-order valence-electron chi connectivity index (χ0n) is 10.3. The maximum Gasteiger partial charge on any atom is 0.183 e. The van der Waals surface area contributed by atoms with Crippen LogP contribution in [0.25, 0.3) is 0 Å². The van der Waals surface area contributed by atoms with Gasteiger partial charge in [0.2, 0.25) is 0 Å². The molecule has 0 radical (unpaired) electrons. The molecule has 0 amide bonds. The van der Waals surface area contributed by atoms with Crippen molar-refractivity contribution in [2.24, 2.45) is 10.2 Å². The van der Waals surface area contributed by atoms with Crippen LogP contribution in [0.2, 0.25) is 10.0 Å². The van der Waals surface area contributed by atoms with Crippen molar-refractivity contribution in [1.82, 2.24) is 5.32 Å². The lowest BCUT2D eigenvalue weighted by molar-refractivity contribution is 0.844. The monoisotopic (exact) mass is 337 g/mol. The SMILES string of the molecule is CCCNC1=NN=C(c2ccc(Cl)cc2Cl)CS1.Cl. The van der Waals surface area contributed by atoms with Crippen LogP contribution in [0.15, 0.2) is 28.4 Å². The van der Waals surface area contributed by atoms with E-state index >= 15 is 0 Å². The molecule has 0 unspecified atom stereocenters. The van der Waals surface area contributed by atoms with Crippen LogP contribution in [0, 0.1) is 0 Å². The fourth-order valence-corrected chi connectivity index (χ4v) is 2.78. The summed E-state index contributed by atoms with van der Waals surface area (Å²) in [7, 11) is 0. The second kappa shape index (κ2) is 8.00. The molecule has 0 atom stereocenters. The Bertz CT molecular complexity index is 503. The van der Waals surface area contributed by atoms with Gasteiger partial charge in [-0.15, -0.1) is 17.5 Å². The molecule has 1 aromatic carbocycles. The van der Waals surface area contributed by atoms with Gasteiger partial charge < -0.3 is 5.32 Å². The largest absolute Gasteiger partial charge is 0.363 e. The van der Waals surface area contributed by atoms with Crippen LogP contribution in [0.5, 0.6) is 0 Å². The van der Waals surface area contributed by atoms with Gasteiger partial charge in [0.1, 0.15) is 0 Å². The molecular weight excluding hydrogens is 325 g/mol. The van der Waals surface area contributed by atoms with E-state index in [9.17, 15) is 0 Å². The summed E-state index contributed by atoms with van der Waals surface area (Å²) in [5, 5.41) is 13.7. The standard InChI is InChI=1S/C12H13Cl2N3S.ClH/c1-2-5-15-12-17-16-11(7-18-12)9-4-3-8(13)6-10(9)14;/h3-4,6H,2,5,7H2,1H3,(H,15,17);1H. The summed E-state index contributed by atoms with van der Waals surface area (Å²) >= 11 is 13.6. The number of hydrogen-bond acceptors (Lipinski definition) is 4. The second-order valence-electron chi connectivity index (χ2n) is 3.79. The Balaban J connectivity index is 0.00000180. The summed E-state index contributed by atoms with van der Waals surface area (Å²) in [6.45, 7) is 3.03. The highest BCUT2D eigenvalue weighted by Gasteiger charge is 2.14. The van der Waals surface area contributed by atoms with Crippen LogP contribution in [0.1, 0.15) is 18.9 Å². The summed E-state index contributed by atoms with van der Waals surface area (Å²) in [4.78, 5) is 0. The fraction of sp³-hybridized carbons (Fsp3) is 0.333. The van der Waals surface area contributed by atoms with E-state index in [1.54, 1.807) is 17.8 Å². The molecule has 1 heterocycles. The highest BCUT2D eigenvalue weighted by molar-refractivity contribution is 8.14. The molecule has 1 aliphatic heterocycles. The molecule has 0 bridgehead atoms. The van der Waals surface area contributed by atoms with Gasteiger partial charge in [0.05, 0.1) is 10.7 Å². The molecule has 7 heteroatoms. The number of benzene rings is 1. The Kier molecular flexibility index (Phi) is 7.00. The van der Waals surface area contributed by atoms with Gasteiger partial charge in [-0.05, 0) is 18.6 Å². The zero-order valence-corrected chi connectivity index (χ0v) is 13.5. The number of nitrogens with zero attached hydrogens (tertiary/aromatic N) is 2. The molecule has 1 aliphatic rings. The van der Waals surface area contributed by atoms with Crippen molar-refractivity contribution in [3.05, 3.63) is 33.8 Å². The molecule has 2 rings (SSSR count). The van der Waals surface area contributed by atoms with Crippen LogP contribution >= 0.6 is 47.4 Å². The van der Waals surface area contributed by atoms with E-state index in [1.165, 1.54) is 0 Å². The van der Waals surface area contributed by atoms with E-state index < -0.39 is 0 Å². The highest BCUT2D eigenvalue weighted by atomic mass is 35.5. The van der Waals surface area contributed by atoms with Crippen molar-refractivity contribution in [3.8, 4) is 0 Å². The first kappa shape index (κ1) is 16.6. The maximum atomic E-state index is 6.14. The molecule has 0 spiro atoms. The van der Waals surface area contributed by atoms with E-state index in [0.29, 0.717) is 10.0 Å². The van der Waals surface area contributed by atoms with Gasteiger partial charge in [-0.25, -0.2) is 0 Å². The molecule has 0 saturated carbocycles. The van der Waals surface area contributed by atoms with Crippen molar-refractivity contribution < 1.29 is 0 Å². The van der Waals surface area contributed by atoms with Crippen LogP contribution in [0.3, 0.4) is 0 Å². The summed E-state index contributed by atoms with van der Waals surface area (Å²) in [6, 6.07) is 5.41. The Morgan fingerprint density at radius 1 is 1.32 bits per heavy atom. The lowest BCUT2D eigenvalue weighted by atomic mass is 10.1. The number of rotatable bonds is 3. The van der Waals surface area contributed by atoms with E-state index in [-0.39, 0.29) is 12.4 Å². The molecule has 1 N–H and O–H groups in total. The third-order valence-corrected chi connectivity index (χ3v) is 3.84. The van der Waals surface area contributed by atoms with Gasteiger partial charge >= 0.3 is 0 Å². The predicted octanol–water partition coefficient (Wildman–Crippen LogP) is 4.22. The Morgan fingerprint density at radius 3 is 2.68 bits per heavy atom. The van der Waals surface area contributed by atoms with Crippen LogP contribution in [0.4, 0.5) is 0 Å². The van der Waals surface area contributed by atoms with Gasteiger partial charge in [-0.2, -0.15) is 5.10 Å². The van der Waals surface area contributed by atoms with Gasteiger partial charge in [-0.1, -0.05) is 48.0 Å². The molecule has 1 aromatic rings. The minimum absolute atomic E-state index is 0. The molecule has 0 fully saturated rings. The first-order valence-electron chi connectivity index (χ1n) is 5.67. The lowest BCUT2D eigenvalue weighted by Crippen LogP contribution is -2.25. The number of nitrogens with one attached hydrogen (secondary N) is 1. The van der Waals surface area contributed by atoms with Crippen molar-refractivity contribution in [2.45, 2.75) is 13.3 Å². The van der Waals surface area contributed by atoms with Crippen molar-refractivity contribution >= 4 is 58.3 Å². The van der Waals surface area contributed by atoms with Crippen LogP contribution in [-0.4, -0.2) is 23.2 Å². The Morgan fingerprint density at radius 2 is 2.11 bits per heavy atom. The minimum atomic E-state index is 0. The molecular formula is C12H14Cl3N3S. The summed E-state index contributed by atoms with van der Waals surface area (Å²) < 4.78 is 0. The smallest absolute Gasteiger partial charge is 0.183 e. The van der Waals surface area contributed by atoms with E-state index in [2.05, 4.69) is 22.4 Å².